The number of unbranched alkanes of at least 4 members (excludes halogenated alkanes) is 5. The van der Waals surface area contributed by atoms with Crippen LogP contribution < -0.4 is 0 Å². The van der Waals surface area contributed by atoms with Gasteiger partial charge < -0.3 is 15.1 Å². The summed E-state index contributed by atoms with van der Waals surface area (Å²) in [5.41, 5.74) is 0.544. The molecule has 3 nitrogen and oxygen atoms in total. The molecule has 276 valence electrons. The van der Waals surface area contributed by atoms with E-state index in [1.807, 2.05) is 31.9 Å². The molecule has 2 saturated carbocycles. The van der Waals surface area contributed by atoms with E-state index in [2.05, 4.69) is 0 Å². The molecule has 0 heterocycles. The smallest absolute Gasteiger partial charge is 0.460 e. The van der Waals surface area contributed by atoms with Gasteiger partial charge in [0.25, 0.3) is 0 Å². The number of hydrogen-bond donors (Lipinski definition) is 2. The average molecular weight is 706 g/mol. The lowest BCUT2D eigenvalue weighted by atomic mass is 9.50. The fraction of sp³-hybridized carbons (Fsp3) is 0.829. The Balaban J connectivity index is 1.21. The van der Waals surface area contributed by atoms with Gasteiger partial charge in [-0.2, -0.15) is 39.5 Å². The standard InChI is InChI=1S/C35H49F10NO2/c1-30-21-27(36)29-25-13-12-24(47)20-23(25)19-22(28(29)26(30)14-16-31(30,2)48)11-7-6-10-18-46(3)17-9-5-4-8-15-32(37,38)33(39,40)34(41,42)35(43,44)45/h12-13,20,22,26-29,47-48H,4-11,14-19,21H2,1-3H3/t22-,26+,27?,28+,29+,30+,31+/m1/s1. The predicted octanol–water partition coefficient (Wildman–Crippen LogP) is 10.1. The number of benzene rings is 1. The Hall–Kier alpha value is -1.76. The molecule has 7 atom stereocenters. The van der Waals surface area contributed by atoms with E-state index in [9.17, 15) is 49.7 Å². The van der Waals surface area contributed by atoms with E-state index in [0.29, 0.717) is 32.2 Å². The summed E-state index contributed by atoms with van der Waals surface area (Å²) in [6, 6.07) is 5.25. The van der Waals surface area contributed by atoms with Gasteiger partial charge in [-0.05, 0) is 119 Å². The molecular weight excluding hydrogens is 656 g/mol. The highest BCUT2D eigenvalue weighted by Crippen LogP contribution is 2.66. The zero-order valence-corrected chi connectivity index (χ0v) is 27.8. The molecule has 48 heavy (non-hydrogen) atoms. The van der Waals surface area contributed by atoms with Crippen LogP contribution >= 0.6 is 0 Å². The third-order valence-electron chi connectivity index (χ3n) is 12.0. The minimum atomic E-state index is -6.84. The Morgan fingerprint density at radius 1 is 0.854 bits per heavy atom. The Bertz CT molecular complexity index is 1240. The maximum absolute atomic E-state index is 16.1. The number of aliphatic hydroxyl groups is 1. The summed E-state index contributed by atoms with van der Waals surface area (Å²) in [5, 5.41) is 21.4. The lowest BCUT2D eigenvalue weighted by Crippen LogP contribution is -2.60. The van der Waals surface area contributed by atoms with E-state index in [0.717, 1.165) is 56.2 Å². The number of halogens is 10. The first-order valence-electron chi connectivity index (χ1n) is 17.1. The quantitative estimate of drug-likeness (QED) is 0.141. The van der Waals surface area contributed by atoms with Gasteiger partial charge in [0.05, 0.1) is 5.60 Å². The molecule has 0 aromatic heterocycles. The average Bonchev–Trinajstić information content (AvgIpc) is 3.21. The van der Waals surface area contributed by atoms with Crippen LogP contribution in [0.25, 0.3) is 0 Å². The molecule has 1 unspecified atom stereocenters. The van der Waals surface area contributed by atoms with Crippen molar-refractivity contribution in [3.8, 4) is 5.75 Å². The van der Waals surface area contributed by atoms with Crippen LogP contribution in [0.15, 0.2) is 18.2 Å². The van der Waals surface area contributed by atoms with Gasteiger partial charge >= 0.3 is 23.9 Å². The molecular formula is C35H49F10NO2. The predicted molar refractivity (Wildman–Crippen MR) is 162 cm³/mol. The third-order valence-corrected chi connectivity index (χ3v) is 12.0. The molecule has 4 rings (SSSR count). The lowest BCUT2D eigenvalue weighted by molar-refractivity contribution is -0.396. The summed E-state index contributed by atoms with van der Waals surface area (Å²) in [6.07, 6.45) is -3.30. The summed E-state index contributed by atoms with van der Waals surface area (Å²) in [4.78, 5) is 2.03. The number of hydrogen-bond acceptors (Lipinski definition) is 3. The summed E-state index contributed by atoms with van der Waals surface area (Å²) in [5.74, 6) is -18.5. The van der Waals surface area contributed by atoms with Gasteiger partial charge in [-0.15, -0.1) is 0 Å². The first-order chi connectivity index (χ1) is 22.1. The molecule has 2 fully saturated rings. The topological polar surface area (TPSA) is 43.7 Å². The van der Waals surface area contributed by atoms with Crippen molar-refractivity contribution >= 4 is 0 Å². The Kier molecular flexibility index (Phi) is 11.5. The Morgan fingerprint density at radius 2 is 1.46 bits per heavy atom. The number of aromatic hydroxyl groups is 1. The normalized spacial score (nSPS) is 31.1. The first-order valence-corrected chi connectivity index (χ1v) is 17.1. The first kappa shape index (κ1) is 39.0. The van der Waals surface area contributed by atoms with Crippen molar-refractivity contribution in [3.63, 3.8) is 0 Å². The van der Waals surface area contributed by atoms with Crippen molar-refractivity contribution in [2.45, 2.75) is 139 Å². The van der Waals surface area contributed by atoms with Gasteiger partial charge in [0.1, 0.15) is 11.9 Å². The minimum Gasteiger partial charge on any atom is -0.508 e. The fourth-order valence-electron chi connectivity index (χ4n) is 9.01. The zero-order chi connectivity index (χ0) is 35.9. The van der Waals surface area contributed by atoms with E-state index >= 15 is 4.39 Å². The Labute approximate surface area is 276 Å². The van der Waals surface area contributed by atoms with Crippen LogP contribution in [0.2, 0.25) is 0 Å². The molecule has 0 bridgehead atoms. The van der Waals surface area contributed by atoms with Crippen molar-refractivity contribution in [1.82, 2.24) is 4.90 Å². The van der Waals surface area contributed by atoms with E-state index in [1.165, 1.54) is 0 Å². The van der Waals surface area contributed by atoms with Crippen molar-refractivity contribution < 1.29 is 54.1 Å². The summed E-state index contributed by atoms with van der Waals surface area (Å²) in [7, 11) is 1.87. The monoisotopic (exact) mass is 705 g/mol. The molecule has 0 spiro atoms. The molecule has 0 amide bonds. The van der Waals surface area contributed by atoms with Crippen LogP contribution in [-0.4, -0.2) is 71.0 Å². The highest BCUT2D eigenvalue weighted by Gasteiger charge is 2.81. The number of rotatable bonds is 15. The largest absolute Gasteiger partial charge is 0.508 e. The van der Waals surface area contributed by atoms with Crippen molar-refractivity contribution in [2.24, 2.45) is 23.2 Å². The van der Waals surface area contributed by atoms with E-state index < -0.39 is 54.0 Å². The third kappa shape index (κ3) is 7.33. The van der Waals surface area contributed by atoms with Gasteiger partial charge in [-0.1, -0.05) is 38.7 Å². The van der Waals surface area contributed by atoms with Crippen LogP contribution in [0.3, 0.4) is 0 Å². The SMILES string of the molecule is CN(CCCCCCC(F)(F)C(F)(F)C(F)(F)C(F)(F)F)CCCCC[C@@H]1Cc2cc(O)ccc2[C@H]2C(F)C[C@@]3(C)[C@@H](CC[C@]3(C)O)[C@H]12. The van der Waals surface area contributed by atoms with E-state index in [4.69, 9.17) is 0 Å². The second-order valence-corrected chi connectivity index (χ2v) is 15.2. The highest BCUT2D eigenvalue weighted by atomic mass is 19.4. The zero-order valence-electron chi connectivity index (χ0n) is 27.8. The Morgan fingerprint density at radius 3 is 2.08 bits per heavy atom. The molecule has 1 aromatic carbocycles. The lowest BCUT2D eigenvalue weighted by Gasteiger charge is -2.56. The number of alkyl halides is 10. The number of fused-ring (bicyclic) bond motifs is 5. The van der Waals surface area contributed by atoms with Crippen molar-refractivity contribution in [1.29, 1.82) is 0 Å². The van der Waals surface area contributed by atoms with Crippen LogP contribution in [0.4, 0.5) is 43.9 Å². The minimum absolute atomic E-state index is 0.0171. The fourth-order valence-corrected chi connectivity index (χ4v) is 9.01. The summed E-state index contributed by atoms with van der Waals surface area (Å²) >= 11 is 0. The van der Waals surface area contributed by atoms with E-state index in [1.54, 1.807) is 12.1 Å². The van der Waals surface area contributed by atoms with Gasteiger partial charge in [0.2, 0.25) is 0 Å². The van der Waals surface area contributed by atoms with Crippen LogP contribution in [0.5, 0.6) is 5.75 Å². The number of phenols is 1. The van der Waals surface area contributed by atoms with Crippen molar-refractivity contribution in [3.05, 3.63) is 29.3 Å². The summed E-state index contributed by atoms with van der Waals surface area (Å²) < 4.78 is 133. The number of nitrogens with zero attached hydrogens (tertiary/aromatic N) is 1. The van der Waals surface area contributed by atoms with Gasteiger partial charge in [0.15, 0.2) is 0 Å². The maximum atomic E-state index is 16.1. The molecule has 3 aliphatic carbocycles. The second kappa shape index (κ2) is 14.1. The van der Waals surface area contributed by atoms with Crippen LogP contribution in [0.1, 0.15) is 108 Å². The molecule has 2 N–H and O–H groups in total. The van der Waals surface area contributed by atoms with Gasteiger partial charge in [0, 0.05) is 17.8 Å². The van der Waals surface area contributed by atoms with Gasteiger partial charge in [-0.25, -0.2) is 4.39 Å². The highest BCUT2D eigenvalue weighted by molar-refractivity contribution is 5.41. The maximum Gasteiger partial charge on any atom is 0.460 e. The molecule has 0 aliphatic heterocycles. The molecule has 3 aliphatic rings. The summed E-state index contributed by atoms with van der Waals surface area (Å²) in [6.45, 7) is 5.19. The molecule has 0 radical (unpaired) electrons. The number of phenolic OH excluding ortho intramolecular Hbond substituents is 1. The molecule has 1 aromatic rings. The van der Waals surface area contributed by atoms with Crippen LogP contribution in [-0.2, 0) is 6.42 Å². The van der Waals surface area contributed by atoms with E-state index in [-0.39, 0.29) is 35.8 Å². The molecule has 0 saturated heterocycles. The van der Waals surface area contributed by atoms with Gasteiger partial charge in [-0.3, -0.25) is 0 Å². The van der Waals surface area contributed by atoms with Crippen molar-refractivity contribution in [2.75, 3.05) is 20.1 Å². The molecule has 13 heteroatoms. The van der Waals surface area contributed by atoms with Crippen LogP contribution in [0, 0.1) is 23.2 Å². The second-order valence-electron chi connectivity index (χ2n) is 15.2.